The van der Waals surface area contributed by atoms with Crippen molar-refractivity contribution in [2.75, 3.05) is 36.4 Å². The van der Waals surface area contributed by atoms with Crippen LogP contribution in [0.15, 0.2) is 27.6 Å². The maximum atomic E-state index is 12.9. The van der Waals surface area contributed by atoms with Gasteiger partial charge in [-0.3, -0.25) is 4.79 Å². The van der Waals surface area contributed by atoms with Crippen LogP contribution in [-0.2, 0) is 21.2 Å². The second-order valence-corrected chi connectivity index (χ2v) is 8.81. The number of nitrogens with one attached hydrogen (secondary N) is 1. The Morgan fingerprint density at radius 1 is 1.11 bits per heavy atom. The van der Waals surface area contributed by atoms with Crippen molar-refractivity contribution in [1.29, 1.82) is 0 Å². The molecule has 2 aliphatic heterocycles. The molecular weight excluding hydrogens is 368 g/mol. The minimum Gasteiger partial charge on any atom is -0.369 e. The van der Waals surface area contributed by atoms with E-state index in [0.717, 1.165) is 23.4 Å². The third kappa shape index (κ3) is 3.21. The Morgan fingerprint density at radius 2 is 1.85 bits per heavy atom. The highest BCUT2D eigenvalue weighted by molar-refractivity contribution is 7.89. The number of amides is 1. The number of aryl methyl sites for hydroxylation is 3. The van der Waals surface area contributed by atoms with E-state index in [1.165, 1.54) is 4.31 Å². The Hall–Kier alpha value is -2.39. The molecular formula is C18H22N4O4S. The fraction of sp³-hybridized carbons (Fsp3) is 0.444. The Labute approximate surface area is 158 Å². The van der Waals surface area contributed by atoms with Gasteiger partial charge in [0.25, 0.3) is 0 Å². The lowest BCUT2D eigenvalue weighted by atomic mass is 10.0. The van der Waals surface area contributed by atoms with Crippen LogP contribution in [0.5, 0.6) is 0 Å². The molecule has 8 nitrogen and oxygen atoms in total. The number of piperazine rings is 1. The predicted octanol–water partition coefficient (Wildman–Crippen LogP) is 1.69. The van der Waals surface area contributed by atoms with Gasteiger partial charge in [-0.05, 0) is 44.0 Å². The van der Waals surface area contributed by atoms with Gasteiger partial charge in [0.1, 0.15) is 10.6 Å². The minimum atomic E-state index is -3.60. The summed E-state index contributed by atoms with van der Waals surface area (Å²) in [6, 6.07) is 5.99. The van der Waals surface area contributed by atoms with Crippen molar-refractivity contribution in [3.05, 3.63) is 35.2 Å². The predicted molar refractivity (Wildman–Crippen MR) is 100 cm³/mol. The maximum Gasteiger partial charge on any atom is 0.248 e. The monoisotopic (exact) mass is 390 g/mol. The number of fused-ring (bicyclic) bond motifs is 1. The fourth-order valence-corrected chi connectivity index (χ4v) is 5.44. The molecule has 0 aliphatic carbocycles. The van der Waals surface area contributed by atoms with Crippen LogP contribution in [-0.4, -0.2) is 50.0 Å². The number of rotatable bonds is 3. The third-order valence-electron chi connectivity index (χ3n) is 5.15. The summed E-state index contributed by atoms with van der Waals surface area (Å²) in [5.74, 6) is 0.375. The van der Waals surface area contributed by atoms with Crippen molar-refractivity contribution < 1.29 is 17.7 Å². The zero-order valence-corrected chi connectivity index (χ0v) is 16.2. The van der Waals surface area contributed by atoms with Gasteiger partial charge in [0.15, 0.2) is 5.76 Å². The number of hydrogen-bond acceptors (Lipinski definition) is 6. The quantitative estimate of drug-likeness (QED) is 0.857. The van der Waals surface area contributed by atoms with Crippen molar-refractivity contribution in [2.24, 2.45) is 0 Å². The highest BCUT2D eigenvalue weighted by atomic mass is 32.2. The van der Waals surface area contributed by atoms with Crippen LogP contribution in [0.3, 0.4) is 0 Å². The molecule has 27 heavy (non-hydrogen) atoms. The summed E-state index contributed by atoms with van der Waals surface area (Å²) in [5.41, 5.74) is 3.44. The van der Waals surface area contributed by atoms with Gasteiger partial charge in [-0.15, -0.1) is 0 Å². The first kappa shape index (κ1) is 18.0. The molecule has 0 atom stereocenters. The van der Waals surface area contributed by atoms with E-state index in [0.29, 0.717) is 44.1 Å². The van der Waals surface area contributed by atoms with E-state index in [2.05, 4.69) is 21.4 Å². The molecule has 0 radical (unpaired) electrons. The Balaban J connectivity index is 1.49. The van der Waals surface area contributed by atoms with Crippen molar-refractivity contribution in [3.63, 3.8) is 0 Å². The SMILES string of the molecule is Cc1noc(C)c1S(=O)(=O)N1CCN(c2ccc3c(c2)CCC(=O)N3)CC1. The summed E-state index contributed by atoms with van der Waals surface area (Å²) >= 11 is 0. The summed E-state index contributed by atoms with van der Waals surface area (Å²) in [4.78, 5) is 13.9. The van der Waals surface area contributed by atoms with Crippen LogP contribution in [0.25, 0.3) is 0 Å². The number of carbonyl (C=O) groups excluding carboxylic acids is 1. The lowest BCUT2D eigenvalue weighted by Crippen LogP contribution is -2.48. The van der Waals surface area contributed by atoms with E-state index < -0.39 is 10.0 Å². The smallest absolute Gasteiger partial charge is 0.248 e. The largest absolute Gasteiger partial charge is 0.369 e. The standard InChI is InChI=1S/C18H22N4O4S/c1-12-18(13(2)26-20-12)27(24,25)22-9-7-21(8-10-22)15-4-5-16-14(11-15)3-6-17(23)19-16/h4-5,11H,3,6-10H2,1-2H3,(H,19,23). The Kier molecular flexibility index (Phi) is 4.43. The second kappa shape index (κ2) is 6.65. The molecule has 0 unspecified atom stereocenters. The highest BCUT2D eigenvalue weighted by Crippen LogP contribution is 2.29. The molecule has 144 valence electrons. The first-order chi connectivity index (χ1) is 12.9. The molecule has 1 amide bonds. The molecule has 1 saturated heterocycles. The van der Waals surface area contributed by atoms with E-state index in [9.17, 15) is 13.2 Å². The maximum absolute atomic E-state index is 12.9. The zero-order valence-electron chi connectivity index (χ0n) is 15.4. The molecule has 0 bridgehead atoms. The fourth-order valence-electron chi connectivity index (χ4n) is 3.73. The van der Waals surface area contributed by atoms with E-state index in [1.54, 1.807) is 13.8 Å². The van der Waals surface area contributed by atoms with E-state index in [-0.39, 0.29) is 10.8 Å². The van der Waals surface area contributed by atoms with Crippen molar-refractivity contribution in [3.8, 4) is 0 Å². The molecule has 2 aliphatic rings. The lowest BCUT2D eigenvalue weighted by Gasteiger charge is -2.35. The summed E-state index contributed by atoms with van der Waals surface area (Å²) in [5, 5.41) is 6.65. The summed E-state index contributed by atoms with van der Waals surface area (Å²) in [6.07, 6.45) is 1.23. The first-order valence-electron chi connectivity index (χ1n) is 8.97. The van der Waals surface area contributed by atoms with Gasteiger partial charge in [0.2, 0.25) is 15.9 Å². The lowest BCUT2D eigenvalue weighted by molar-refractivity contribution is -0.116. The molecule has 0 spiro atoms. The van der Waals surface area contributed by atoms with Crippen LogP contribution in [0.1, 0.15) is 23.4 Å². The van der Waals surface area contributed by atoms with Gasteiger partial charge >= 0.3 is 0 Å². The van der Waals surface area contributed by atoms with Gasteiger partial charge in [-0.1, -0.05) is 5.16 Å². The number of aromatic nitrogens is 1. The van der Waals surface area contributed by atoms with Crippen molar-refractivity contribution in [1.82, 2.24) is 9.46 Å². The van der Waals surface area contributed by atoms with Gasteiger partial charge < -0.3 is 14.7 Å². The van der Waals surface area contributed by atoms with Gasteiger partial charge in [-0.2, -0.15) is 4.31 Å². The van der Waals surface area contributed by atoms with Gasteiger partial charge in [0.05, 0.1) is 0 Å². The topological polar surface area (TPSA) is 95.8 Å². The summed E-state index contributed by atoms with van der Waals surface area (Å²) in [6.45, 7) is 5.28. The van der Waals surface area contributed by atoms with Crippen LogP contribution in [0.2, 0.25) is 0 Å². The summed E-state index contributed by atoms with van der Waals surface area (Å²) < 4.78 is 32.4. The highest BCUT2D eigenvalue weighted by Gasteiger charge is 2.33. The molecule has 2 aromatic rings. The molecule has 9 heteroatoms. The van der Waals surface area contributed by atoms with E-state index in [4.69, 9.17) is 4.52 Å². The van der Waals surface area contributed by atoms with Crippen molar-refractivity contribution >= 4 is 27.3 Å². The molecule has 1 fully saturated rings. The number of benzene rings is 1. The van der Waals surface area contributed by atoms with E-state index >= 15 is 0 Å². The van der Waals surface area contributed by atoms with Crippen LogP contribution in [0.4, 0.5) is 11.4 Å². The first-order valence-corrected chi connectivity index (χ1v) is 10.4. The number of nitrogens with zero attached hydrogens (tertiary/aromatic N) is 3. The average Bonchev–Trinajstić information content (AvgIpc) is 3.00. The minimum absolute atomic E-state index is 0.0494. The average molecular weight is 390 g/mol. The van der Waals surface area contributed by atoms with Crippen LogP contribution >= 0.6 is 0 Å². The molecule has 1 aromatic heterocycles. The number of sulfonamides is 1. The van der Waals surface area contributed by atoms with E-state index in [1.807, 2.05) is 12.1 Å². The van der Waals surface area contributed by atoms with Crippen molar-refractivity contribution in [2.45, 2.75) is 31.6 Å². The molecule has 4 rings (SSSR count). The van der Waals surface area contributed by atoms with Gasteiger partial charge in [0, 0.05) is 44.0 Å². The third-order valence-corrected chi connectivity index (χ3v) is 7.30. The van der Waals surface area contributed by atoms with Crippen LogP contribution in [0, 0.1) is 13.8 Å². The van der Waals surface area contributed by atoms with Gasteiger partial charge in [-0.25, -0.2) is 8.42 Å². The molecule has 1 N–H and O–H groups in total. The number of carbonyl (C=O) groups is 1. The molecule has 0 saturated carbocycles. The Bertz CT molecular complexity index is 971. The second-order valence-electron chi connectivity index (χ2n) is 6.93. The van der Waals surface area contributed by atoms with Crippen LogP contribution < -0.4 is 10.2 Å². The summed E-state index contributed by atoms with van der Waals surface area (Å²) in [7, 11) is -3.60. The number of anilines is 2. The molecule has 3 heterocycles. The zero-order chi connectivity index (χ0) is 19.2. The molecule has 1 aromatic carbocycles. The number of hydrogen-bond donors (Lipinski definition) is 1. The normalized spacial score (nSPS) is 18.3. The Morgan fingerprint density at radius 3 is 2.52 bits per heavy atom.